The number of fused-ring (bicyclic) bond motifs is 1. The number of carbonyl (C=O) groups is 2. The lowest BCUT2D eigenvalue weighted by Gasteiger charge is -2.26. The number of hydrogen-bond donors (Lipinski definition) is 0. The maximum Gasteiger partial charge on any atom is 0.349 e. The van der Waals surface area contributed by atoms with Crippen LogP contribution in [-0.4, -0.2) is 22.9 Å². The van der Waals surface area contributed by atoms with E-state index < -0.39 is 12.1 Å². The SMILES string of the molecule is CC(OC(=O)c1cc2c(s1)CCC2)C(=O)N(Cc1ccccc1)Cc1ccccc1. The van der Waals surface area contributed by atoms with Crippen LogP contribution in [-0.2, 0) is 35.5 Å². The quantitative estimate of drug-likeness (QED) is 0.506. The molecule has 1 heterocycles. The molecule has 4 nitrogen and oxygen atoms in total. The fourth-order valence-electron chi connectivity index (χ4n) is 3.78. The van der Waals surface area contributed by atoms with Crippen molar-refractivity contribution in [1.29, 1.82) is 0 Å². The number of ether oxygens (including phenoxy) is 1. The van der Waals surface area contributed by atoms with E-state index in [2.05, 4.69) is 0 Å². The molecule has 0 aliphatic heterocycles. The normalized spacial score (nSPS) is 13.5. The molecule has 1 atom stereocenters. The van der Waals surface area contributed by atoms with Crippen LogP contribution in [0.25, 0.3) is 0 Å². The molecular weight excluding hydrogens is 394 g/mol. The number of aryl methyl sites for hydroxylation is 2. The monoisotopic (exact) mass is 419 g/mol. The number of hydrogen-bond acceptors (Lipinski definition) is 4. The lowest BCUT2D eigenvalue weighted by molar-refractivity contribution is -0.141. The van der Waals surface area contributed by atoms with E-state index >= 15 is 0 Å². The molecule has 0 N–H and O–H groups in total. The molecule has 4 rings (SSSR count). The van der Waals surface area contributed by atoms with Gasteiger partial charge in [-0.25, -0.2) is 4.79 Å². The Balaban J connectivity index is 1.46. The standard InChI is InChI=1S/C25H25NO3S/c1-18(29-25(28)23-15-21-13-8-14-22(21)30-23)24(27)26(16-19-9-4-2-5-10-19)17-20-11-6-3-7-12-20/h2-7,9-12,15,18H,8,13-14,16-17H2,1H3. The summed E-state index contributed by atoms with van der Waals surface area (Å²) in [7, 11) is 0. The zero-order valence-corrected chi connectivity index (χ0v) is 17.9. The lowest BCUT2D eigenvalue weighted by Crippen LogP contribution is -2.39. The fraction of sp³-hybridized carbons (Fsp3) is 0.280. The van der Waals surface area contributed by atoms with Gasteiger partial charge in [-0.15, -0.1) is 11.3 Å². The first-order valence-corrected chi connectivity index (χ1v) is 11.1. The van der Waals surface area contributed by atoms with Crippen LogP contribution in [0.2, 0.25) is 0 Å². The van der Waals surface area contributed by atoms with E-state index in [1.165, 1.54) is 21.8 Å². The first-order chi connectivity index (χ1) is 14.6. The minimum Gasteiger partial charge on any atom is -0.448 e. The molecule has 0 bridgehead atoms. The second-order valence-corrected chi connectivity index (χ2v) is 8.76. The van der Waals surface area contributed by atoms with Gasteiger partial charge in [0.2, 0.25) is 0 Å². The average Bonchev–Trinajstić information content (AvgIpc) is 3.37. The van der Waals surface area contributed by atoms with Crippen molar-refractivity contribution in [1.82, 2.24) is 4.90 Å². The summed E-state index contributed by atoms with van der Waals surface area (Å²) in [5.41, 5.74) is 3.32. The maximum absolute atomic E-state index is 13.2. The highest BCUT2D eigenvalue weighted by atomic mass is 32.1. The van der Waals surface area contributed by atoms with Crippen molar-refractivity contribution >= 4 is 23.2 Å². The molecule has 1 aliphatic rings. The van der Waals surface area contributed by atoms with Crippen molar-refractivity contribution in [2.45, 2.75) is 45.4 Å². The van der Waals surface area contributed by atoms with Gasteiger partial charge in [0.1, 0.15) is 4.88 Å². The summed E-state index contributed by atoms with van der Waals surface area (Å²) in [5.74, 6) is -0.602. The smallest absolute Gasteiger partial charge is 0.349 e. The van der Waals surface area contributed by atoms with Crippen LogP contribution in [0.4, 0.5) is 0 Å². The molecular formula is C25H25NO3S. The van der Waals surface area contributed by atoms with Crippen molar-refractivity contribution in [2.75, 3.05) is 0 Å². The van der Waals surface area contributed by atoms with E-state index in [4.69, 9.17) is 4.74 Å². The highest BCUT2D eigenvalue weighted by Crippen LogP contribution is 2.31. The summed E-state index contributed by atoms with van der Waals surface area (Å²) >= 11 is 1.50. The molecule has 0 saturated heterocycles. The molecule has 1 aromatic heterocycles. The molecule has 1 unspecified atom stereocenters. The Morgan fingerprint density at radius 2 is 1.57 bits per heavy atom. The van der Waals surface area contributed by atoms with Crippen molar-refractivity contribution in [2.24, 2.45) is 0 Å². The van der Waals surface area contributed by atoms with Crippen LogP contribution in [0.1, 0.15) is 44.6 Å². The molecule has 0 spiro atoms. The Kier molecular flexibility index (Phi) is 6.29. The first-order valence-electron chi connectivity index (χ1n) is 10.3. The van der Waals surface area contributed by atoms with Crippen LogP contribution in [0.15, 0.2) is 66.7 Å². The number of esters is 1. The van der Waals surface area contributed by atoms with Crippen molar-refractivity contribution in [3.05, 3.63) is 93.2 Å². The Morgan fingerprint density at radius 1 is 0.967 bits per heavy atom. The Bertz CT molecular complexity index is 950. The Hall–Kier alpha value is -2.92. The summed E-state index contributed by atoms with van der Waals surface area (Å²) in [6.45, 7) is 2.58. The molecule has 1 aliphatic carbocycles. The third-order valence-corrected chi connectivity index (χ3v) is 6.54. The van der Waals surface area contributed by atoms with E-state index in [1.54, 1.807) is 11.8 Å². The van der Waals surface area contributed by atoms with Gasteiger partial charge in [0.05, 0.1) is 0 Å². The van der Waals surface area contributed by atoms with E-state index in [1.807, 2.05) is 66.7 Å². The summed E-state index contributed by atoms with van der Waals surface area (Å²) in [4.78, 5) is 29.4. The number of carbonyl (C=O) groups excluding carboxylic acids is 2. The molecule has 3 aromatic rings. The zero-order valence-electron chi connectivity index (χ0n) is 17.0. The van der Waals surface area contributed by atoms with Gasteiger partial charge >= 0.3 is 5.97 Å². The Morgan fingerprint density at radius 3 is 2.13 bits per heavy atom. The number of benzene rings is 2. The largest absolute Gasteiger partial charge is 0.448 e. The molecule has 0 saturated carbocycles. The third-order valence-electron chi connectivity index (χ3n) is 5.32. The van der Waals surface area contributed by atoms with Crippen LogP contribution in [0, 0.1) is 0 Å². The van der Waals surface area contributed by atoms with Gasteiger partial charge < -0.3 is 9.64 Å². The van der Waals surface area contributed by atoms with Crippen LogP contribution >= 0.6 is 11.3 Å². The average molecular weight is 420 g/mol. The zero-order chi connectivity index (χ0) is 20.9. The minimum absolute atomic E-state index is 0.194. The fourth-order valence-corrected chi connectivity index (χ4v) is 4.91. The second kappa shape index (κ2) is 9.26. The molecule has 30 heavy (non-hydrogen) atoms. The second-order valence-electron chi connectivity index (χ2n) is 7.63. The number of rotatable bonds is 7. The van der Waals surface area contributed by atoms with Crippen molar-refractivity contribution in [3.8, 4) is 0 Å². The van der Waals surface area contributed by atoms with Crippen molar-refractivity contribution < 1.29 is 14.3 Å². The topological polar surface area (TPSA) is 46.6 Å². The van der Waals surface area contributed by atoms with Crippen LogP contribution in [0.3, 0.4) is 0 Å². The highest BCUT2D eigenvalue weighted by molar-refractivity contribution is 7.14. The number of thiophene rings is 1. The van der Waals surface area contributed by atoms with Crippen LogP contribution in [0.5, 0.6) is 0 Å². The first kappa shape index (κ1) is 20.4. The number of amides is 1. The van der Waals surface area contributed by atoms with Crippen molar-refractivity contribution in [3.63, 3.8) is 0 Å². The van der Waals surface area contributed by atoms with Gasteiger partial charge in [0.25, 0.3) is 5.91 Å². The van der Waals surface area contributed by atoms with Gasteiger partial charge in [-0.3, -0.25) is 4.79 Å². The predicted molar refractivity (Wildman–Crippen MR) is 118 cm³/mol. The highest BCUT2D eigenvalue weighted by Gasteiger charge is 2.26. The summed E-state index contributed by atoms with van der Waals surface area (Å²) in [5, 5.41) is 0. The van der Waals surface area contributed by atoms with E-state index in [9.17, 15) is 9.59 Å². The van der Waals surface area contributed by atoms with Gasteiger partial charge in [-0.2, -0.15) is 0 Å². The molecule has 0 fully saturated rings. The third kappa shape index (κ3) is 4.79. The Labute approximate surface area is 181 Å². The van der Waals surface area contributed by atoms with E-state index in [0.29, 0.717) is 18.0 Å². The summed E-state index contributed by atoms with van der Waals surface area (Å²) < 4.78 is 5.57. The van der Waals surface area contributed by atoms with Gasteiger partial charge in [0, 0.05) is 18.0 Å². The van der Waals surface area contributed by atoms with E-state index in [-0.39, 0.29) is 5.91 Å². The summed E-state index contributed by atoms with van der Waals surface area (Å²) in [6.07, 6.45) is 2.36. The number of nitrogens with zero attached hydrogens (tertiary/aromatic N) is 1. The van der Waals surface area contributed by atoms with Gasteiger partial charge in [0.15, 0.2) is 6.10 Å². The lowest BCUT2D eigenvalue weighted by atomic mass is 10.1. The molecule has 5 heteroatoms. The molecule has 154 valence electrons. The minimum atomic E-state index is -0.845. The van der Waals surface area contributed by atoms with Crippen LogP contribution < -0.4 is 0 Å². The molecule has 0 radical (unpaired) electrons. The van der Waals surface area contributed by atoms with Gasteiger partial charge in [-0.1, -0.05) is 60.7 Å². The molecule has 2 aromatic carbocycles. The molecule has 1 amide bonds. The van der Waals surface area contributed by atoms with Gasteiger partial charge in [-0.05, 0) is 48.9 Å². The predicted octanol–water partition coefficient (Wildman–Crippen LogP) is 5.01. The van der Waals surface area contributed by atoms with E-state index in [0.717, 1.165) is 30.4 Å². The summed E-state index contributed by atoms with van der Waals surface area (Å²) in [6, 6.07) is 21.7. The maximum atomic E-state index is 13.2.